The van der Waals surface area contributed by atoms with Crippen LogP contribution in [0, 0.1) is 0 Å². The van der Waals surface area contributed by atoms with Crippen LogP contribution in [0.4, 0.5) is 0 Å². The minimum atomic E-state index is -1.36. The number of rotatable bonds is 10. The molecule has 5 atom stereocenters. The molecule has 1 fully saturated rings. The molecular weight excluding hydrogens is 276 g/mol. The second-order valence-electron chi connectivity index (χ2n) is 4.56. The van der Waals surface area contributed by atoms with E-state index < -0.39 is 30.7 Å². The van der Waals surface area contributed by atoms with Crippen molar-refractivity contribution in [2.45, 2.75) is 30.7 Å². The first-order valence-corrected chi connectivity index (χ1v) is 6.80. The molecule has 0 aromatic carbocycles. The van der Waals surface area contributed by atoms with Crippen molar-refractivity contribution in [1.82, 2.24) is 0 Å². The number of aliphatic hydroxyl groups excluding tert-OH is 2. The van der Waals surface area contributed by atoms with Crippen LogP contribution in [-0.4, -0.2) is 67.3 Å². The Morgan fingerprint density at radius 1 is 0.905 bits per heavy atom. The van der Waals surface area contributed by atoms with E-state index in [1.54, 1.807) is 18.2 Å². The Kier molecular flexibility index (Phi) is 8.44. The number of aliphatic hydroxyl groups is 2. The third-order valence-electron chi connectivity index (χ3n) is 2.96. The molecule has 0 unspecified atom stereocenters. The maximum Gasteiger partial charge on any atom is 0.184 e. The summed E-state index contributed by atoms with van der Waals surface area (Å²) in [6.07, 6.45) is 0.273. The van der Waals surface area contributed by atoms with Gasteiger partial charge in [-0.3, -0.25) is 0 Å². The molecule has 0 spiro atoms. The van der Waals surface area contributed by atoms with Gasteiger partial charge in [0.2, 0.25) is 0 Å². The fraction of sp³-hybridized carbons (Fsp3) is 0.600. The zero-order valence-corrected chi connectivity index (χ0v) is 12.1. The van der Waals surface area contributed by atoms with Crippen molar-refractivity contribution in [3.63, 3.8) is 0 Å². The highest BCUT2D eigenvalue weighted by molar-refractivity contribution is 4.92. The molecule has 0 amide bonds. The number of ether oxygens (including phenoxy) is 4. The van der Waals surface area contributed by atoms with Gasteiger partial charge in [0.05, 0.1) is 26.4 Å². The molecule has 1 aliphatic rings. The molecule has 1 aliphatic heterocycles. The average Bonchev–Trinajstić information content (AvgIpc) is 2.48. The van der Waals surface area contributed by atoms with Crippen LogP contribution in [0.15, 0.2) is 38.0 Å². The minimum Gasteiger partial charge on any atom is -0.385 e. The van der Waals surface area contributed by atoms with E-state index in [-0.39, 0.29) is 19.8 Å². The van der Waals surface area contributed by atoms with Crippen LogP contribution in [0.5, 0.6) is 0 Å². The minimum absolute atomic E-state index is 0.186. The highest BCUT2D eigenvalue weighted by Gasteiger charge is 2.46. The van der Waals surface area contributed by atoms with Crippen molar-refractivity contribution in [2.75, 3.05) is 26.4 Å². The van der Waals surface area contributed by atoms with Gasteiger partial charge < -0.3 is 29.2 Å². The second kappa shape index (κ2) is 9.83. The zero-order valence-electron chi connectivity index (χ0n) is 12.1. The molecule has 0 bridgehead atoms. The monoisotopic (exact) mass is 300 g/mol. The van der Waals surface area contributed by atoms with Crippen LogP contribution in [0.25, 0.3) is 0 Å². The van der Waals surface area contributed by atoms with Crippen molar-refractivity contribution in [2.24, 2.45) is 0 Å². The summed E-state index contributed by atoms with van der Waals surface area (Å²) in [6.45, 7) is 11.7. The van der Waals surface area contributed by atoms with Gasteiger partial charge in [0.25, 0.3) is 0 Å². The van der Waals surface area contributed by atoms with E-state index in [0.29, 0.717) is 6.61 Å². The Labute approximate surface area is 125 Å². The summed E-state index contributed by atoms with van der Waals surface area (Å²) in [5, 5.41) is 19.8. The number of hydrogen-bond donors (Lipinski definition) is 2. The van der Waals surface area contributed by atoms with E-state index in [0.717, 1.165) is 0 Å². The van der Waals surface area contributed by atoms with Gasteiger partial charge in [-0.05, 0) is 0 Å². The van der Waals surface area contributed by atoms with Gasteiger partial charge in [-0.1, -0.05) is 18.2 Å². The first-order chi connectivity index (χ1) is 10.2. The summed E-state index contributed by atoms with van der Waals surface area (Å²) in [5.41, 5.74) is 0. The lowest BCUT2D eigenvalue weighted by atomic mass is 9.98. The second-order valence-corrected chi connectivity index (χ2v) is 4.56. The molecule has 1 heterocycles. The largest absolute Gasteiger partial charge is 0.385 e. The molecule has 2 N–H and O–H groups in total. The molecule has 6 heteroatoms. The normalized spacial score (nSPS) is 32.6. The Balaban J connectivity index is 2.78. The molecule has 1 rings (SSSR count). The van der Waals surface area contributed by atoms with Crippen molar-refractivity contribution >= 4 is 0 Å². The summed E-state index contributed by atoms with van der Waals surface area (Å²) in [7, 11) is 0. The molecule has 1 saturated heterocycles. The molecule has 21 heavy (non-hydrogen) atoms. The molecule has 0 aliphatic carbocycles. The smallest absolute Gasteiger partial charge is 0.184 e. The lowest BCUT2D eigenvalue weighted by Crippen LogP contribution is -2.60. The first kappa shape index (κ1) is 18.0. The third kappa shape index (κ3) is 5.35. The van der Waals surface area contributed by atoms with Crippen LogP contribution < -0.4 is 0 Å². The van der Waals surface area contributed by atoms with Gasteiger partial charge in [0.15, 0.2) is 6.29 Å². The summed E-state index contributed by atoms with van der Waals surface area (Å²) < 4.78 is 21.8. The van der Waals surface area contributed by atoms with E-state index >= 15 is 0 Å². The summed E-state index contributed by atoms with van der Waals surface area (Å²) >= 11 is 0. The van der Waals surface area contributed by atoms with E-state index in [1.807, 2.05) is 0 Å². The van der Waals surface area contributed by atoms with Crippen LogP contribution in [0.1, 0.15) is 0 Å². The fourth-order valence-electron chi connectivity index (χ4n) is 2.06. The topological polar surface area (TPSA) is 77.4 Å². The van der Waals surface area contributed by atoms with Gasteiger partial charge in [-0.2, -0.15) is 0 Å². The van der Waals surface area contributed by atoms with Crippen LogP contribution >= 0.6 is 0 Å². The summed E-state index contributed by atoms with van der Waals surface area (Å²) in [5.74, 6) is 0. The highest BCUT2D eigenvalue weighted by Crippen LogP contribution is 2.25. The zero-order chi connectivity index (χ0) is 15.7. The first-order valence-electron chi connectivity index (χ1n) is 6.80. The van der Waals surface area contributed by atoms with Crippen LogP contribution in [0.2, 0.25) is 0 Å². The third-order valence-corrected chi connectivity index (χ3v) is 2.96. The lowest BCUT2D eigenvalue weighted by molar-refractivity contribution is -0.300. The maximum atomic E-state index is 10.0. The van der Waals surface area contributed by atoms with Gasteiger partial charge >= 0.3 is 0 Å². The molecule has 0 radical (unpaired) electrons. The Morgan fingerprint density at radius 3 is 2.05 bits per heavy atom. The van der Waals surface area contributed by atoms with Crippen molar-refractivity contribution in [3.05, 3.63) is 38.0 Å². The van der Waals surface area contributed by atoms with Gasteiger partial charge in [0, 0.05) is 0 Å². The van der Waals surface area contributed by atoms with E-state index in [9.17, 15) is 10.2 Å². The SMILES string of the molecule is C=CCOC[C@H]1O[C@@H](O)[C@@H](O)[C@@H](OCC=C)[C@@H]1OCC=C. The molecule has 6 nitrogen and oxygen atoms in total. The maximum absolute atomic E-state index is 10.0. The summed E-state index contributed by atoms with van der Waals surface area (Å²) in [4.78, 5) is 0. The fourth-order valence-corrected chi connectivity index (χ4v) is 2.06. The van der Waals surface area contributed by atoms with Crippen molar-refractivity contribution in [3.8, 4) is 0 Å². The predicted molar refractivity (Wildman–Crippen MR) is 77.8 cm³/mol. The van der Waals surface area contributed by atoms with Gasteiger partial charge in [-0.15, -0.1) is 19.7 Å². The predicted octanol–water partition coefficient (Wildman–Crippen LogP) is 0.409. The Hall–Kier alpha value is -1.02. The van der Waals surface area contributed by atoms with Crippen LogP contribution in [-0.2, 0) is 18.9 Å². The molecule has 120 valence electrons. The average molecular weight is 300 g/mol. The molecule has 0 aromatic heterocycles. The van der Waals surface area contributed by atoms with Gasteiger partial charge in [-0.25, -0.2) is 0 Å². The quantitative estimate of drug-likeness (QED) is 0.449. The summed E-state index contributed by atoms with van der Waals surface area (Å²) in [6, 6.07) is 0. The molecule has 0 saturated carbocycles. The standard InChI is InChI=1S/C15H24O6/c1-4-7-18-10-11-13(19-8-5-2)14(20-9-6-3)12(16)15(17)21-11/h4-6,11-17H,1-3,7-10H2/t11-,12+,13-,14-,15-/m1/s1. The van der Waals surface area contributed by atoms with E-state index in [1.165, 1.54) is 0 Å². The highest BCUT2D eigenvalue weighted by atomic mass is 16.7. The molecule has 0 aromatic rings. The van der Waals surface area contributed by atoms with Crippen molar-refractivity contribution in [1.29, 1.82) is 0 Å². The van der Waals surface area contributed by atoms with Crippen molar-refractivity contribution < 1.29 is 29.2 Å². The van der Waals surface area contributed by atoms with E-state index in [4.69, 9.17) is 18.9 Å². The Morgan fingerprint density at radius 2 is 1.48 bits per heavy atom. The molecular formula is C15H24O6. The van der Waals surface area contributed by atoms with Gasteiger partial charge in [0.1, 0.15) is 24.4 Å². The van der Waals surface area contributed by atoms with Crippen LogP contribution in [0.3, 0.4) is 0 Å². The van der Waals surface area contributed by atoms with E-state index in [2.05, 4.69) is 19.7 Å². The Bertz CT molecular complexity index is 332. The lowest BCUT2D eigenvalue weighted by Gasteiger charge is -2.42. The number of hydrogen-bond acceptors (Lipinski definition) is 6.